The van der Waals surface area contributed by atoms with Crippen LogP contribution in [-0.2, 0) is 47.0 Å². The molecule has 0 atom stereocenters. The molecule has 0 aromatic heterocycles. The molecule has 6 aromatic rings. The SMILES string of the molecule is CCc1ccccc1NC(=O)C(=O)Nc1cc(C(C)(C)C)ccc1C.CCc1ccccc1NC(=O)C(=O)Nc1ccccc1C.Cc1ccc(NC(=O)C(=O)Nc2ccccc2C)cc1. The van der Waals surface area contributed by atoms with E-state index in [0.29, 0.717) is 34.1 Å². The molecule has 6 rings (SSSR count). The number of hydrogen-bond donors (Lipinski definition) is 6. The fraction of sp³-hybridized carbons (Fsp3) is 0.222. The number of hydrogen-bond acceptors (Lipinski definition) is 6. The molecule has 0 fully saturated rings. The minimum Gasteiger partial charge on any atom is -0.318 e. The first-order valence-corrected chi connectivity index (χ1v) is 21.7. The van der Waals surface area contributed by atoms with Crippen LogP contribution in [0, 0.1) is 27.7 Å². The minimum absolute atomic E-state index is 0.0322. The lowest BCUT2D eigenvalue weighted by molar-refractivity contribution is -0.133. The number of para-hydroxylation sites is 4. The van der Waals surface area contributed by atoms with Gasteiger partial charge >= 0.3 is 35.4 Å². The molecule has 0 heterocycles. The maximum Gasteiger partial charge on any atom is 0.314 e. The van der Waals surface area contributed by atoms with Gasteiger partial charge in [-0.2, -0.15) is 0 Å². The zero-order chi connectivity index (χ0) is 48.4. The van der Waals surface area contributed by atoms with E-state index in [2.05, 4.69) is 52.7 Å². The summed E-state index contributed by atoms with van der Waals surface area (Å²) in [6.07, 6.45) is 1.57. The molecule has 342 valence electrons. The maximum atomic E-state index is 12.3. The van der Waals surface area contributed by atoms with Gasteiger partial charge in [-0.05, 0) is 122 Å². The van der Waals surface area contributed by atoms with E-state index in [1.807, 2.05) is 139 Å². The molecule has 0 aliphatic rings. The van der Waals surface area contributed by atoms with Crippen LogP contribution in [0.5, 0.6) is 0 Å². The highest BCUT2D eigenvalue weighted by Crippen LogP contribution is 2.27. The molecule has 66 heavy (non-hydrogen) atoms. The van der Waals surface area contributed by atoms with Crippen molar-refractivity contribution in [1.29, 1.82) is 0 Å². The fourth-order valence-corrected chi connectivity index (χ4v) is 6.27. The van der Waals surface area contributed by atoms with E-state index < -0.39 is 35.4 Å². The Morgan fingerprint density at radius 3 is 1.11 bits per heavy atom. The Balaban J connectivity index is 0.000000218. The van der Waals surface area contributed by atoms with Crippen LogP contribution in [0.3, 0.4) is 0 Å². The summed E-state index contributed by atoms with van der Waals surface area (Å²) in [7, 11) is 0. The predicted octanol–water partition coefficient (Wildman–Crippen LogP) is 10.4. The molecule has 12 nitrogen and oxygen atoms in total. The lowest BCUT2D eigenvalue weighted by Crippen LogP contribution is -2.29. The van der Waals surface area contributed by atoms with E-state index in [1.54, 1.807) is 42.5 Å². The molecule has 6 aromatic carbocycles. The van der Waals surface area contributed by atoms with Crippen LogP contribution in [0.1, 0.15) is 73.6 Å². The van der Waals surface area contributed by atoms with Crippen molar-refractivity contribution in [3.8, 4) is 0 Å². The van der Waals surface area contributed by atoms with Crippen molar-refractivity contribution in [1.82, 2.24) is 0 Å². The zero-order valence-electron chi connectivity index (χ0n) is 39.1. The molecule has 6 amide bonds. The van der Waals surface area contributed by atoms with Crippen molar-refractivity contribution >= 4 is 69.6 Å². The molecule has 0 saturated heterocycles. The van der Waals surface area contributed by atoms with Crippen LogP contribution in [0.4, 0.5) is 34.1 Å². The number of carbonyl (C=O) groups is 6. The number of anilines is 6. The Morgan fingerprint density at radius 2 is 0.712 bits per heavy atom. The van der Waals surface area contributed by atoms with Crippen LogP contribution in [0.2, 0.25) is 0 Å². The van der Waals surface area contributed by atoms with E-state index >= 15 is 0 Å². The number of carbonyl (C=O) groups excluding carboxylic acids is 6. The highest BCUT2D eigenvalue weighted by atomic mass is 16.2. The van der Waals surface area contributed by atoms with Gasteiger partial charge in [-0.15, -0.1) is 0 Å². The molecule has 0 bridgehead atoms. The first-order chi connectivity index (χ1) is 31.4. The minimum atomic E-state index is -0.683. The highest BCUT2D eigenvalue weighted by molar-refractivity contribution is 6.45. The Labute approximate surface area is 388 Å². The summed E-state index contributed by atoms with van der Waals surface area (Å²) in [4.78, 5) is 72.1. The normalized spacial score (nSPS) is 10.4. The summed E-state index contributed by atoms with van der Waals surface area (Å²) in [6.45, 7) is 17.9. The molecule has 0 unspecified atom stereocenters. The molecular formula is C54H60N6O6. The lowest BCUT2D eigenvalue weighted by Gasteiger charge is -2.21. The average molecular weight is 889 g/mol. The van der Waals surface area contributed by atoms with Gasteiger partial charge in [0.25, 0.3) is 0 Å². The van der Waals surface area contributed by atoms with Gasteiger partial charge in [0, 0.05) is 34.1 Å². The van der Waals surface area contributed by atoms with Crippen molar-refractivity contribution < 1.29 is 28.8 Å². The molecule has 0 spiro atoms. The Hall–Kier alpha value is -7.86. The highest BCUT2D eigenvalue weighted by Gasteiger charge is 2.20. The molecule has 0 saturated carbocycles. The lowest BCUT2D eigenvalue weighted by atomic mass is 9.86. The number of aryl methyl sites for hydroxylation is 6. The van der Waals surface area contributed by atoms with Crippen LogP contribution in [0.15, 0.2) is 140 Å². The van der Waals surface area contributed by atoms with E-state index in [1.165, 1.54) is 0 Å². The topological polar surface area (TPSA) is 175 Å². The summed E-state index contributed by atoms with van der Waals surface area (Å²) < 4.78 is 0. The standard InChI is InChI=1S/C21H26N2O2.C17H18N2O2.C16H16N2O2/c1-6-15-9-7-8-10-17(15)22-19(24)20(25)23-18-13-16(21(3,4)5)12-11-14(18)2;1-3-13-9-5-7-11-15(13)19-17(21)16(20)18-14-10-6-4-8-12(14)2;1-11-7-9-13(10-8-11)17-15(19)16(20)18-14-6-4-3-5-12(14)2/h7-13H,6H2,1-5H3,(H,22,24)(H,23,25);4-11H,3H2,1-2H3,(H,18,20)(H,19,21);3-10H,1-2H3,(H,17,19)(H,18,20). The Kier molecular flexibility index (Phi) is 18.7. The van der Waals surface area contributed by atoms with Crippen LogP contribution >= 0.6 is 0 Å². The van der Waals surface area contributed by atoms with Gasteiger partial charge in [0.05, 0.1) is 0 Å². The van der Waals surface area contributed by atoms with Gasteiger partial charge in [0.15, 0.2) is 0 Å². The van der Waals surface area contributed by atoms with Gasteiger partial charge in [-0.1, -0.05) is 137 Å². The van der Waals surface area contributed by atoms with Crippen LogP contribution in [0.25, 0.3) is 0 Å². The summed E-state index contributed by atoms with van der Waals surface area (Å²) in [5.74, 6) is -4.03. The van der Waals surface area contributed by atoms with Gasteiger partial charge in [0.1, 0.15) is 0 Å². The third kappa shape index (κ3) is 15.4. The first-order valence-electron chi connectivity index (χ1n) is 21.7. The second-order valence-electron chi connectivity index (χ2n) is 16.5. The second-order valence-corrected chi connectivity index (χ2v) is 16.5. The Morgan fingerprint density at radius 1 is 0.379 bits per heavy atom. The smallest absolute Gasteiger partial charge is 0.314 e. The monoisotopic (exact) mass is 888 g/mol. The van der Waals surface area contributed by atoms with Gasteiger partial charge < -0.3 is 31.9 Å². The number of amides is 6. The van der Waals surface area contributed by atoms with Gasteiger partial charge in [-0.25, -0.2) is 0 Å². The molecular weight excluding hydrogens is 829 g/mol. The van der Waals surface area contributed by atoms with E-state index in [0.717, 1.165) is 51.8 Å². The molecule has 0 aliphatic carbocycles. The van der Waals surface area contributed by atoms with Crippen LogP contribution < -0.4 is 31.9 Å². The zero-order valence-corrected chi connectivity index (χ0v) is 39.1. The van der Waals surface area contributed by atoms with E-state index in [4.69, 9.17) is 0 Å². The largest absolute Gasteiger partial charge is 0.318 e. The van der Waals surface area contributed by atoms with Crippen molar-refractivity contribution in [3.63, 3.8) is 0 Å². The fourth-order valence-electron chi connectivity index (χ4n) is 6.27. The third-order valence-electron chi connectivity index (χ3n) is 10.4. The summed E-state index contributed by atoms with van der Waals surface area (Å²) in [5, 5.41) is 15.8. The predicted molar refractivity (Wildman–Crippen MR) is 267 cm³/mol. The van der Waals surface area contributed by atoms with Crippen molar-refractivity contribution in [2.75, 3.05) is 31.9 Å². The summed E-state index contributed by atoms with van der Waals surface area (Å²) in [5.41, 5.74) is 10.8. The van der Waals surface area contributed by atoms with Gasteiger partial charge in [0.2, 0.25) is 0 Å². The number of benzene rings is 6. The van der Waals surface area contributed by atoms with Gasteiger partial charge in [-0.3, -0.25) is 28.8 Å². The van der Waals surface area contributed by atoms with E-state index in [-0.39, 0.29) is 5.41 Å². The van der Waals surface area contributed by atoms with Crippen LogP contribution in [-0.4, -0.2) is 35.4 Å². The first kappa shape index (κ1) is 50.8. The molecule has 12 heteroatoms. The number of rotatable bonds is 8. The molecule has 6 N–H and O–H groups in total. The van der Waals surface area contributed by atoms with Crippen molar-refractivity contribution in [3.05, 3.63) is 178 Å². The Bertz CT molecular complexity index is 2670. The van der Waals surface area contributed by atoms with E-state index in [9.17, 15) is 28.8 Å². The maximum absolute atomic E-state index is 12.3. The van der Waals surface area contributed by atoms with Crippen molar-refractivity contribution in [2.24, 2.45) is 0 Å². The molecule has 0 aliphatic heterocycles. The summed E-state index contributed by atoms with van der Waals surface area (Å²) >= 11 is 0. The quantitative estimate of drug-likeness (QED) is 0.0830. The number of nitrogens with one attached hydrogen (secondary N) is 6. The average Bonchev–Trinajstić information content (AvgIpc) is 3.29. The summed E-state index contributed by atoms with van der Waals surface area (Å²) in [6, 6.07) is 42.8. The second kappa shape index (κ2) is 24.3. The van der Waals surface area contributed by atoms with Crippen molar-refractivity contribution in [2.45, 2.75) is 80.6 Å². The molecule has 0 radical (unpaired) electrons. The third-order valence-corrected chi connectivity index (χ3v) is 10.4.